The Bertz CT molecular complexity index is 1420. The predicted molar refractivity (Wildman–Crippen MR) is 123 cm³/mol. The van der Waals surface area contributed by atoms with Gasteiger partial charge in [-0.25, -0.2) is 9.78 Å². The lowest BCUT2D eigenvalue weighted by Gasteiger charge is -2.35. The first-order chi connectivity index (χ1) is 16.3. The molecular formula is C26H24N2O6. The van der Waals surface area contributed by atoms with Gasteiger partial charge in [0, 0.05) is 29.4 Å². The molecule has 0 radical (unpaired) electrons. The average Bonchev–Trinajstić information content (AvgIpc) is 3.17. The number of para-hydroxylation sites is 1. The summed E-state index contributed by atoms with van der Waals surface area (Å²) in [5, 5.41) is 0.979. The number of hydrogen-bond acceptors (Lipinski definition) is 7. The highest BCUT2D eigenvalue weighted by molar-refractivity contribution is 5.88. The minimum Gasteiger partial charge on any atom is -0.457 e. The normalized spacial score (nSPS) is 18.1. The highest BCUT2D eigenvalue weighted by Crippen LogP contribution is 2.41. The van der Waals surface area contributed by atoms with Gasteiger partial charge in [-0.2, -0.15) is 0 Å². The number of rotatable bonds is 6. The van der Waals surface area contributed by atoms with Crippen LogP contribution in [0.25, 0.3) is 22.3 Å². The molecule has 1 atom stereocenters. The third-order valence-corrected chi connectivity index (χ3v) is 6.58. The van der Waals surface area contributed by atoms with E-state index in [-0.39, 0.29) is 37.2 Å². The Morgan fingerprint density at radius 3 is 2.74 bits per heavy atom. The van der Waals surface area contributed by atoms with Gasteiger partial charge in [-0.15, -0.1) is 0 Å². The molecule has 0 amide bonds. The standard InChI is InChI=1S/C26H24N2O6/c1-3-26(34-22(30)10-6-7-15(2)29)19-12-21-23-17(11-16-8-4-5-9-20(16)27-23)13-28(21)24(31)18(19)14-33-25(26)32/h4-5,8-9,11-12H,3,6-7,10,13-14H2,1-2H3/t26-/m1/s1. The zero-order valence-electron chi connectivity index (χ0n) is 19.1. The van der Waals surface area contributed by atoms with E-state index in [9.17, 15) is 19.2 Å². The van der Waals surface area contributed by atoms with Crippen LogP contribution in [0.5, 0.6) is 0 Å². The van der Waals surface area contributed by atoms with Crippen molar-refractivity contribution in [3.8, 4) is 11.4 Å². The molecule has 0 saturated heterocycles. The number of fused-ring (bicyclic) bond motifs is 5. The highest BCUT2D eigenvalue weighted by Gasteiger charge is 2.50. The Hall–Kier alpha value is -3.81. The summed E-state index contributed by atoms with van der Waals surface area (Å²) in [4.78, 5) is 55.1. The maximum absolute atomic E-state index is 13.5. The number of carbonyl (C=O) groups excluding carboxylic acids is 3. The van der Waals surface area contributed by atoms with E-state index in [1.165, 1.54) is 6.92 Å². The summed E-state index contributed by atoms with van der Waals surface area (Å²) in [6, 6.07) is 11.5. The lowest BCUT2D eigenvalue weighted by Crippen LogP contribution is -2.47. The van der Waals surface area contributed by atoms with Gasteiger partial charge in [0.25, 0.3) is 5.56 Å². The number of esters is 2. The first-order valence-corrected chi connectivity index (χ1v) is 11.4. The van der Waals surface area contributed by atoms with Gasteiger partial charge in [0.15, 0.2) is 0 Å². The van der Waals surface area contributed by atoms with E-state index in [0.29, 0.717) is 35.5 Å². The SMILES string of the molecule is CC[C@]1(OC(=O)CCCC(C)=O)C(=O)OCc2c1cc1n(c2=O)Cc2cc3ccccc3nc2-1. The van der Waals surface area contributed by atoms with Gasteiger partial charge in [0.1, 0.15) is 12.4 Å². The van der Waals surface area contributed by atoms with Crippen LogP contribution >= 0.6 is 0 Å². The molecule has 0 saturated carbocycles. The second-order valence-corrected chi connectivity index (χ2v) is 8.79. The molecule has 0 aliphatic carbocycles. The van der Waals surface area contributed by atoms with Gasteiger partial charge in [-0.1, -0.05) is 25.1 Å². The monoisotopic (exact) mass is 460 g/mol. The fourth-order valence-corrected chi connectivity index (χ4v) is 4.81. The lowest BCUT2D eigenvalue weighted by atomic mass is 9.85. The van der Waals surface area contributed by atoms with Gasteiger partial charge in [0.05, 0.1) is 29.0 Å². The molecule has 3 aromatic rings. The molecule has 5 rings (SSSR count). The summed E-state index contributed by atoms with van der Waals surface area (Å²) in [7, 11) is 0. The van der Waals surface area contributed by atoms with E-state index in [1.807, 2.05) is 30.3 Å². The van der Waals surface area contributed by atoms with Crippen molar-refractivity contribution in [1.82, 2.24) is 9.55 Å². The van der Waals surface area contributed by atoms with Crippen LogP contribution in [0.4, 0.5) is 0 Å². The van der Waals surface area contributed by atoms with Crippen LogP contribution in [0.2, 0.25) is 0 Å². The average molecular weight is 460 g/mol. The third kappa shape index (κ3) is 3.41. The molecule has 2 aliphatic heterocycles. The number of pyridine rings is 2. The number of carbonyl (C=O) groups is 3. The molecule has 174 valence electrons. The topological polar surface area (TPSA) is 105 Å². The van der Waals surface area contributed by atoms with Crippen molar-refractivity contribution in [2.24, 2.45) is 0 Å². The van der Waals surface area contributed by atoms with Crippen molar-refractivity contribution in [2.45, 2.75) is 58.3 Å². The second-order valence-electron chi connectivity index (χ2n) is 8.79. The minimum absolute atomic E-state index is 0.00968. The van der Waals surface area contributed by atoms with Crippen molar-refractivity contribution in [3.05, 3.63) is 63.4 Å². The third-order valence-electron chi connectivity index (χ3n) is 6.58. The minimum atomic E-state index is -1.71. The lowest BCUT2D eigenvalue weighted by molar-refractivity contribution is -0.189. The predicted octanol–water partition coefficient (Wildman–Crippen LogP) is 3.39. The number of aromatic nitrogens is 2. The van der Waals surface area contributed by atoms with Crippen LogP contribution in [-0.4, -0.2) is 27.3 Å². The van der Waals surface area contributed by atoms with Gasteiger partial charge >= 0.3 is 11.9 Å². The zero-order valence-corrected chi connectivity index (χ0v) is 19.1. The molecule has 2 aliphatic rings. The summed E-state index contributed by atoms with van der Waals surface area (Å²) in [6.07, 6.45) is 0.677. The molecule has 0 bridgehead atoms. The zero-order chi connectivity index (χ0) is 24.0. The van der Waals surface area contributed by atoms with Gasteiger partial charge in [0.2, 0.25) is 5.60 Å². The summed E-state index contributed by atoms with van der Waals surface area (Å²) in [5.41, 5.74) is 1.64. The maximum atomic E-state index is 13.5. The number of ether oxygens (including phenoxy) is 2. The second kappa shape index (κ2) is 8.20. The van der Waals surface area contributed by atoms with E-state index in [4.69, 9.17) is 14.5 Å². The van der Waals surface area contributed by atoms with E-state index in [1.54, 1.807) is 17.6 Å². The summed E-state index contributed by atoms with van der Waals surface area (Å²) in [6.45, 7) is 3.36. The van der Waals surface area contributed by atoms with Crippen molar-refractivity contribution < 1.29 is 23.9 Å². The van der Waals surface area contributed by atoms with E-state index in [2.05, 4.69) is 0 Å². The van der Waals surface area contributed by atoms with Gasteiger partial charge in [-0.3, -0.25) is 9.59 Å². The molecule has 4 heterocycles. The van der Waals surface area contributed by atoms with Crippen LogP contribution in [0.1, 0.15) is 56.2 Å². The molecule has 0 N–H and O–H groups in total. The molecular weight excluding hydrogens is 436 g/mol. The Morgan fingerprint density at radius 2 is 1.97 bits per heavy atom. The molecule has 0 fully saturated rings. The smallest absolute Gasteiger partial charge is 0.355 e. The summed E-state index contributed by atoms with van der Waals surface area (Å²) < 4.78 is 12.7. The molecule has 8 nitrogen and oxygen atoms in total. The van der Waals surface area contributed by atoms with Crippen molar-refractivity contribution in [2.75, 3.05) is 0 Å². The van der Waals surface area contributed by atoms with Crippen LogP contribution in [0.3, 0.4) is 0 Å². The molecule has 2 aromatic heterocycles. The molecule has 1 aromatic carbocycles. The Kier molecular flexibility index (Phi) is 5.31. The van der Waals surface area contributed by atoms with E-state index < -0.39 is 17.5 Å². The van der Waals surface area contributed by atoms with Crippen LogP contribution in [-0.2, 0) is 42.6 Å². The number of Topliss-reactive ketones (excluding diaryl/α,β-unsaturated/α-hetero) is 1. The van der Waals surface area contributed by atoms with Crippen molar-refractivity contribution in [3.63, 3.8) is 0 Å². The van der Waals surface area contributed by atoms with Crippen LogP contribution in [0.15, 0.2) is 41.2 Å². The maximum Gasteiger partial charge on any atom is 0.355 e. The fourth-order valence-electron chi connectivity index (χ4n) is 4.81. The Morgan fingerprint density at radius 1 is 1.18 bits per heavy atom. The highest BCUT2D eigenvalue weighted by atomic mass is 16.6. The van der Waals surface area contributed by atoms with Crippen molar-refractivity contribution >= 4 is 28.6 Å². The van der Waals surface area contributed by atoms with E-state index >= 15 is 0 Å². The van der Waals surface area contributed by atoms with Gasteiger partial charge in [-0.05, 0) is 38.0 Å². The number of benzene rings is 1. The quantitative estimate of drug-likeness (QED) is 0.406. The van der Waals surface area contributed by atoms with Crippen LogP contribution in [0, 0.1) is 0 Å². The Balaban J connectivity index is 1.61. The number of ketones is 1. The summed E-state index contributed by atoms with van der Waals surface area (Å²) in [5.74, 6) is -1.34. The largest absolute Gasteiger partial charge is 0.457 e. The fraction of sp³-hybridized carbons (Fsp3) is 0.346. The van der Waals surface area contributed by atoms with Crippen molar-refractivity contribution in [1.29, 1.82) is 0 Å². The van der Waals surface area contributed by atoms with E-state index in [0.717, 1.165) is 16.5 Å². The number of hydrogen-bond donors (Lipinski definition) is 0. The Labute approximate surface area is 195 Å². The van der Waals surface area contributed by atoms with Gasteiger partial charge < -0.3 is 18.8 Å². The molecule has 0 unspecified atom stereocenters. The summed E-state index contributed by atoms with van der Waals surface area (Å²) >= 11 is 0. The van der Waals surface area contributed by atoms with Crippen LogP contribution < -0.4 is 5.56 Å². The first-order valence-electron chi connectivity index (χ1n) is 11.4. The first kappa shape index (κ1) is 22.0. The number of nitrogens with zero attached hydrogens (tertiary/aromatic N) is 2. The number of cyclic esters (lactones) is 1. The molecule has 34 heavy (non-hydrogen) atoms. The molecule has 0 spiro atoms. The molecule has 8 heteroatoms.